The number of nitrogens with zero attached hydrogens (tertiary/aromatic N) is 2. The molecule has 3 rings (SSSR count). The number of ether oxygens (including phenoxy) is 2. The maximum Gasteiger partial charge on any atom is 0.144 e. The fraction of sp³-hybridized carbons (Fsp3) is 0.158. The van der Waals surface area contributed by atoms with Crippen LogP contribution >= 0.6 is 11.6 Å². The quantitative estimate of drug-likeness (QED) is 0.486. The molecule has 0 aliphatic heterocycles. The van der Waals surface area contributed by atoms with Gasteiger partial charge in [-0.2, -0.15) is 5.26 Å². The van der Waals surface area contributed by atoms with E-state index in [4.69, 9.17) is 26.8 Å². The second kappa shape index (κ2) is 8.08. The minimum atomic E-state index is -0.524. The van der Waals surface area contributed by atoms with Crippen molar-refractivity contribution in [2.24, 2.45) is 0 Å². The van der Waals surface area contributed by atoms with Crippen LogP contribution in [0.3, 0.4) is 0 Å². The van der Waals surface area contributed by atoms with Gasteiger partial charge < -0.3 is 20.5 Å². The van der Waals surface area contributed by atoms with E-state index in [9.17, 15) is 9.65 Å². The highest BCUT2D eigenvalue weighted by atomic mass is 35.5. The van der Waals surface area contributed by atoms with E-state index in [0.717, 1.165) is 0 Å². The fourth-order valence-electron chi connectivity index (χ4n) is 2.53. The van der Waals surface area contributed by atoms with Crippen LogP contribution in [0.4, 0.5) is 21.5 Å². The molecule has 138 valence electrons. The number of aromatic nitrogens is 1. The predicted octanol–water partition coefficient (Wildman–Crippen LogP) is 4.25. The molecular formula is C19H16ClFN4O2. The Morgan fingerprint density at radius 1 is 1.30 bits per heavy atom. The summed E-state index contributed by atoms with van der Waals surface area (Å²) in [6, 6.07) is 9.68. The second-order valence-electron chi connectivity index (χ2n) is 5.66. The number of rotatable bonds is 6. The summed E-state index contributed by atoms with van der Waals surface area (Å²) in [6.07, 6.45) is 1.45. The molecule has 0 amide bonds. The summed E-state index contributed by atoms with van der Waals surface area (Å²) in [6.45, 7) is 0.776. The van der Waals surface area contributed by atoms with Crippen molar-refractivity contribution in [3.8, 4) is 11.8 Å². The van der Waals surface area contributed by atoms with Gasteiger partial charge in [0.25, 0.3) is 0 Å². The van der Waals surface area contributed by atoms with Crippen LogP contribution in [0.5, 0.6) is 5.75 Å². The van der Waals surface area contributed by atoms with Gasteiger partial charge in [-0.05, 0) is 24.3 Å². The summed E-state index contributed by atoms with van der Waals surface area (Å²) in [5.41, 5.74) is 8.43. The molecule has 0 unspecified atom stereocenters. The minimum absolute atomic E-state index is 0.0230. The number of nitrogens with two attached hydrogens (primary N) is 1. The molecule has 0 atom stereocenters. The molecule has 27 heavy (non-hydrogen) atoms. The number of nitrogen functional groups attached to an aromatic ring is 1. The summed E-state index contributed by atoms with van der Waals surface area (Å²) < 4.78 is 24.0. The Bertz CT molecular complexity index is 1040. The average Bonchev–Trinajstić information content (AvgIpc) is 2.66. The van der Waals surface area contributed by atoms with E-state index in [0.29, 0.717) is 52.5 Å². The lowest BCUT2D eigenvalue weighted by molar-refractivity contribution is 0.147. The van der Waals surface area contributed by atoms with Gasteiger partial charge in [-0.1, -0.05) is 11.6 Å². The van der Waals surface area contributed by atoms with E-state index in [1.165, 1.54) is 24.4 Å². The van der Waals surface area contributed by atoms with Crippen molar-refractivity contribution in [1.29, 1.82) is 5.26 Å². The van der Waals surface area contributed by atoms with Gasteiger partial charge in [0.2, 0.25) is 0 Å². The molecule has 0 fully saturated rings. The third kappa shape index (κ3) is 4.03. The number of hydrogen-bond acceptors (Lipinski definition) is 6. The fourth-order valence-corrected chi connectivity index (χ4v) is 2.71. The van der Waals surface area contributed by atoms with E-state index in [2.05, 4.69) is 16.4 Å². The maximum absolute atomic E-state index is 13.4. The third-order valence-corrected chi connectivity index (χ3v) is 4.14. The molecule has 2 aromatic carbocycles. The van der Waals surface area contributed by atoms with E-state index in [-0.39, 0.29) is 5.02 Å². The largest absolute Gasteiger partial charge is 0.489 e. The Kier molecular flexibility index (Phi) is 5.60. The monoisotopic (exact) mass is 386 g/mol. The molecule has 3 aromatic rings. The Morgan fingerprint density at radius 2 is 2.11 bits per heavy atom. The van der Waals surface area contributed by atoms with Crippen LogP contribution in [0.1, 0.15) is 5.56 Å². The standard InChI is InChI=1S/C19H16ClFN4O2/c1-26-4-5-27-18-8-17-13(7-16(18)23)19(11(9-22)10-24-17)25-12-2-3-15(21)14(20)6-12/h2-3,6-8,10H,4-5,23H2,1H3,(H,24,25). The molecular weight excluding hydrogens is 371 g/mol. The van der Waals surface area contributed by atoms with Crippen LogP contribution in [-0.2, 0) is 4.74 Å². The Hall–Kier alpha value is -3.08. The molecule has 8 heteroatoms. The zero-order chi connectivity index (χ0) is 19.4. The highest BCUT2D eigenvalue weighted by molar-refractivity contribution is 6.31. The van der Waals surface area contributed by atoms with Crippen molar-refractivity contribution < 1.29 is 13.9 Å². The number of nitrogens with one attached hydrogen (secondary N) is 1. The molecule has 0 saturated carbocycles. The molecule has 0 aliphatic rings. The van der Waals surface area contributed by atoms with Gasteiger partial charge in [-0.3, -0.25) is 4.98 Å². The van der Waals surface area contributed by atoms with Crippen LogP contribution in [-0.4, -0.2) is 25.3 Å². The normalized spacial score (nSPS) is 10.6. The molecule has 3 N–H and O–H groups in total. The average molecular weight is 387 g/mol. The number of benzene rings is 2. The zero-order valence-corrected chi connectivity index (χ0v) is 15.2. The van der Waals surface area contributed by atoms with Gasteiger partial charge in [0.05, 0.1) is 34.1 Å². The summed E-state index contributed by atoms with van der Waals surface area (Å²) in [5, 5.41) is 13.1. The molecule has 0 aliphatic carbocycles. The van der Waals surface area contributed by atoms with Gasteiger partial charge >= 0.3 is 0 Å². The summed E-state index contributed by atoms with van der Waals surface area (Å²) in [4.78, 5) is 4.30. The first kappa shape index (κ1) is 18.7. The smallest absolute Gasteiger partial charge is 0.144 e. The highest BCUT2D eigenvalue weighted by Crippen LogP contribution is 2.35. The molecule has 6 nitrogen and oxygen atoms in total. The SMILES string of the molecule is COCCOc1cc2ncc(C#N)c(Nc3ccc(F)c(Cl)c3)c2cc1N. The lowest BCUT2D eigenvalue weighted by Gasteiger charge is -2.14. The minimum Gasteiger partial charge on any atom is -0.489 e. The topological polar surface area (TPSA) is 93.2 Å². The van der Waals surface area contributed by atoms with Gasteiger partial charge in [0.1, 0.15) is 24.2 Å². The number of fused-ring (bicyclic) bond motifs is 1. The number of anilines is 3. The van der Waals surface area contributed by atoms with E-state index in [1.54, 1.807) is 19.2 Å². The van der Waals surface area contributed by atoms with Crippen LogP contribution < -0.4 is 15.8 Å². The van der Waals surface area contributed by atoms with Crippen LogP contribution in [0.2, 0.25) is 5.02 Å². The highest BCUT2D eigenvalue weighted by Gasteiger charge is 2.13. The molecule has 1 heterocycles. The lowest BCUT2D eigenvalue weighted by Crippen LogP contribution is -2.06. The summed E-state index contributed by atoms with van der Waals surface area (Å²) >= 11 is 5.84. The van der Waals surface area contributed by atoms with Crippen molar-refractivity contribution in [1.82, 2.24) is 4.98 Å². The summed E-state index contributed by atoms with van der Waals surface area (Å²) in [5.74, 6) is -0.0445. The first-order valence-corrected chi connectivity index (χ1v) is 8.37. The van der Waals surface area contributed by atoms with Crippen molar-refractivity contribution in [2.75, 3.05) is 31.4 Å². The second-order valence-corrected chi connectivity index (χ2v) is 6.07. The van der Waals surface area contributed by atoms with Crippen LogP contribution in [0.25, 0.3) is 10.9 Å². The Labute approximate surface area is 160 Å². The van der Waals surface area contributed by atoms with E-state index in [1.807, 2.05) is 0 Å². The van der Waals surface area contributed by atoms with Crippen molar-refractivity contribution in [3.05, 3.63) is 52.9 Å². The van der Waals surface area contributed by atoms with Gasteiger partial charge in [0.15, 0.2) is 0 Å². The van der Waals surface area contributed by atoms with Crippen LogP contribution in [0.15, 0.2) is 36.5 Å². The van der Waals surface area contributed by atoms with Gasteiger partial charge in [-0.15, -0.1) is 0 Å². The number of nitriles is 1. The third-order valence-electron chi connectivity index (χ3n) is 3.85. The van der Waals surface area contributed by atoms with E-state index < -0.39 is 5.82 Å². The van der Waals surface area contributed by atoms with Crippen LogP contribution in [0, 0.1) is 17.1 Å². The number of pyridine rings is 1. The number of hydrogen-bond donors (Lipinski definition) is 2. The van der Waals surface area contributed by atoms with Crippen molar-refractivity contribution in [2.45, 2.75) is 0 Å². The molecule has 0 radical (unpaired) electrons. The Morgan fingerprint density at radius 3 is 2.81 bits per heavy atom. The first-order chi connectivity index (χ1) is 13.0. The molecule has 0 spiro atoms. The van der Waals surface area contributed by atoms with Gasteiger partial charge in [0, 0.05) is 30.4 Å². The van der Waals surface area contributed by atoms with Gasteiger partial charge in [-0.25, -0.2) is 4.39 Å². The number of methoxy groups -OCH3 is 1. The Balaban J connectivity index is 2.05. The molecule has 0 bridgehead atoms. The van der Waals surface area contributed by atoms with Crippen molar-refractivity contribution in [3.63, 3.8) is 0 Å². The molecule has 0 saturated heterocycles. The zero-order valence-electron chi connectivity index (χ0n) is 14.4. The van der Waals surface area contributed by atoms with Crippen molar-refractivity contribution >= 4 is 39.6 Å². The first-order valence-electron chi connectivity index (χ1n) is 7.99. The molecule has 1 aromatic heterocycles. The number of halogens is 2. The summed E-state index contributed by atoms with van der Waals surface area (Å²) in [7, 11) is 1.58. The van der Waals surface area contributed by atoms with E-state index >= 15 is 0 Å². The lowest BCUT2D eigenvalue weighted by atomic mass is 10.1. The maximum atomic E-state index is 13.4. The predicted molar refractivity (Wildman–Crippen MR) is 103 cm³/mol.